The van der Waals surface area contributed by atoms with E-state index in [1.54, 1.807) is 7.05 Å². The van der Waals surface area contributed by atoms with Gasteiger partial charge in [-0.2, -0.15) is 0 Å². The molecule has 19 heavy (non-hydrogen) atoms. The molecule has 0 aliphatic heterocycles. The van der Waals surface area contributed by atoms with Gasteiger partial charge in [0.2, 0.25) is 0 Å². The first-order chi connectivity index (χ1) is 9.11. The maximum atomic E-state index is 11.6. The van der Waals surface area contributed by atoms with Gasteiger partial charge in [-0.1, -0.05) is 12.1 Å². The van der Waals surface area contributed by atoms with Gasteiger partial charge in [-0.25, -0.2) is 0 Å². The molecular formula is C16H25N2O+. The lowest BCUT2D eigenvalue weighted by atomic mass is 9.89. The fourth-order valence-corrected chi connectivity index (χ4v) is 2.90. The van der Waals surface area contributed by atoms with Crippen LogP contribution in [0.2, 0.25) is 0 Å². The summed E-state index contributed by atoms with van der Waals surface area (Å²) in [5.41, 5.74) is 4.36. The average molecular weight is 261 g/mol. The minimum atomic E-state index is -0.0453. The molecule has 3 heteroatoms. The topological polar surface area (TPSA) is 45.7 Å². The van der Waals surface area contributed by atoms with Gasteiger partial charge in [-0.15, -0.1) is 0 Å². The first-order valence-corrected chi connectivity index (χ1v) is 7.30. The van der Waals surface area contributed by atoms with Crippen molar-refractivity contribution in [3.63, 3.8) is 0 Å². The van der Waals surface area contributed by atoms with Gasteiger partial charge in [0.25, 0.3) is 5.91 Å². The standard InChI is InChI=1S/C16H24N2O/c1-11(18-12(2)16(19)17-3)14-9-8-13-6-4-5-7-15(13)10-14/h8-12,18H,4-7H2,1-3H3,(H,17,19)/p+1/t11-,12+/m1/s1. The van der Waals surface area contributed by atoms with Crippen molar-refractivity contribution in [1.29, 1.82) is 0 Å². The molecule has 0 fully saturated rings. The molecule has 0 bridgehead atoms. The van der Waals surface area contributed by atoms with Gasteiger partial charge in [0, 0.05) is 12.6 Å². The quantitative estimate of drug-likeness (QED) is 0.844. The van der Waals surface area contributed by atoms with Crippen LogP contribution in [0.3, 0.4) is 0 Å². The number of carbonyl (C=O) groups excluding carboxylic acids is 1. The van der Waals surface area contributed by atoms with E-state index in [9.17, 15) is 4.79 Å². The van der Waals surface area contributed by atoms with Crippen molar-refractivity contribution in [1.82, 2.24) is 5.32 Å². The molecule has 0 radical (unpaired) electrons. The van der Waals surface area contributed by atoms with Gasteiger partial charge in [0.1, 0.15) is 6.04 Å². The van der Waals surface area contributed by atoms with E-state index in [4.69, 9.17) is 0 Å². The number of hydrogen-bond acceptors (Lipinski definition) is 1. The monoisotopic (exact) mass is 261 g/mol. The lowest BCUT2D eigenvalue weighted by Gasteiger charge is -2.20. The summed E-state index contributed by atoms with van der Waals surface area (Å²) in [7, 11) is 1.69. The van der Waals surface area contributed by atoms with Gasteiger partial charge in [0.15, 0.2) is 6.04 Å². The zero-order valence-electron chi connectivity index (χ0n) is 12.2. The lowest BCUT2D eigenvalue weighted by molar-refractivity contribution is -0.710. The maximum Gasteiger partial charge on any atom is 0.277 e. The molecule has 1 amide bonds. The van der Waals surface area contributed by atoms with Crippen LogP contribution >= 0.6 is 0 Å². The Kier molecular flexibility index (Phi) is 4.59. The second-order valence-electron chi connectivity index (χ2n) is 5.62. The molecular weight excluding hydrogens is 236 g/mol. The van der Waals surface area contributed by atoms with Gasteiger partial charge < -0.3 is 10.6 Å². The minimum Gasteiger partial charge on any atom is -0.354 e. The van der Waals surface area contributed by atoms with E-state index < -0.39 is 0 Å². The first kappa shape index (κ1) is 14.1. The van der Waals surface area contributed by atoms with Crippen molar-refractivity contribution >= 4 is 5.91 Å². The number of fused-ring (bicyclic) bond motifs is 1. The van der Waals surface area contributed by atoms with Crippen LogP contribution in [0.1, 0.15) is 49.4 Å². The third kappa shape index (κ3) is 3.35. The molecule has 104 valence electrons. The highest BCUT2D eigenvalue weighted by atomic mass is 16.2. The van der Waals surface area contributed by atoms with Crippen molar-refractivity contribution < 1.29 is 10.1 Å². The van der Waals surface area contributed by atoms with Crippen LogP contribution in [0.5, 0.6) is 0 Å². The highest BCUT2D eigenvalue weighted by Crippen LogP contribution is 2.23. The predicted octanol–water partition coefficient (Wildman–Crippen LogP) is 1.32. The summed E-state index contributed by atoms with van der Waals surface area (Å²) in [5, 5.41) is 4.83. The Morgan fingerprint density at radius 2 is 1.89 bits per heavy atom. The number of amides is 1. The third-order valence-electron chi connectivity index (χ3n) is 4.14. The SMILES string of the molecule is CNC(=O)[C@H](C)[NH2+][C@H](C)c1ccc2c(c1)CCCC2. The van der Waals surface area contributed by atoms with E-state index >= 15 is 0 Å². The van der Waals surface area contributed by atoms with Crippen LogP contribution in [-0.4, -0.2) is 19.0 Å². The van der Waals surface area contributed by atoms with Gasteiger partial charge in [-0.3, -0.25) is 4.79 Å². The van der Waals surface area contributed by atoms with Crippen molar-refractivity contribution in [2.45, 2.75) is 51.6 Å². The Bertz CT molecular complexity index is 456. The van der Waals surface area contributed by atoms with Crippen LogP contribution in [0, 0.1) is 0 Å². The number of rotatable bonds is 4. The molecule has 0 heterocycles. The number of hydrogen-bond donors (Lipinski definition) is 2. The molecule has 0 unspecified atom stereocenters. The molecule has 1 aromatic rings. The average Bonchev–Trinajstić information content (AvgIpc) is 2.45. The fourth-order valence-electron chi connectivity index (χ4n) is 2.90. The summed E-state index contributed by atoms with van der Waals surface area (Å²) < 4.78 is 0. The van der Waals surface area contributed by atoms with E-state index in [1.165, 1.54) is 42.4 Å². The molecule has 0 saturated heterocycles. The molecule has 1 aromatic carbocycles. The molecule has 2 atom stereocenters. The molecule has 2 rings (SSSR count). The molecule has 1 aliphatic carbocycles. The van der Waals surface area contributed by atoms with Crippen molar-refractivity contribution in [2.75, 3.05) is 7.05 Å². The molecule has 0 saturated carbocycles. The first-order valence-electron chi connectivity index (χ1n) is 7.30. The third-order valence-corrected chi connectivity index (χ3v) is 4.14. The van der Waals surface area contributed by atoms with E-state index in [0.29, 0.717) is 6.04 Å². The Hall–Kier alpha value is -1.35. The molecule has 3 N–H and O–H groups in total. The number of likely N-dealkylation sites (N-methyl/N-ethyl adjacent to an activating group) is 1. The molecule has 0 aromatic heterocycles. The summed E-state index contributed by atoms with van der Waals surface area (Å²) >= 11 is 0. The van der Waals surface area contributed by atoms with Crippen LogP contribution < -0.4 is 10.6 Å². The lowest BCUT2D eigenvalue weighted by Crippen LogP contribution is -2.92. The second-order valence-corrected chi connectivity index (χ2v) is 5.62. The number of carbonyl (C=O) groups is 1. The molecule has 1 aliphatic rings. The Morgan fingerprint density at radius 1 is 1.21 bits per heavy atom. The number of aryl methyl sites for hydroxylation is 2. The summed E-state index contributed by atoms with van der Waals surface area (Å²) in [6.45, 7) is 4.12. The Morgan fingerprint density at radius 3 is 2.58 bits per heavy atom. The van der Waals surface area contributed by atoms with E-state index in [-0.39, 0.29) is 11.9 Å². The van der Waals surface area contributed by atoms with E-state index in [0.717, 1.165) is 0 Å². The zero-order chi connectivity index (χ0) is 13.8. The van der Waals surface area contributed by atoms with E-state index in [2.05, 4.69) is 35.8 Å². The number of benzene rings is 1. The highest BCUT2D eigenvalue weighted by Gasteiger charge is 2.20. The fraction of sp³-hybridized carbons (Fsp3) is 0.562. The summed E-state index contributed by atoms with van der Waals surface area (Å²) in [5.74, 6) is 0.0878. The number of nitrogens with two attached hydrogens (primary N) is 1. The highest BCUT2D eigenvalue weighted by molar-refractivity contribution is 5.79. The summed E-state index contributed by atoms with van der Waals surface area (Å²) in [6, 6.07) is 7.11. The Labute approximate surface area is 115 Å². The Balaban J connectivity index is 2.07. The normalized spacial score (nSPS) is 17.4. The van der Waals surface area contributed by atoms with Crippen molar-refractivity contribution in [2.24, 2.45) is 0 Å². The maximum absolute atomic E-state index is 11.6. The summed E-state index contributed by atoms with van der Waals surface area (Å²) in [4.78, 5) is 11.6. The van der Waals surface area contributed by atoms with Gasteiger partial charge in [0.05, 0.1) is 0 Å². The van der Waals surface area contributed by atoms with Crippen LogP contribution in [0.25, 0.3) is 0 Å². The van der Waals surface area contributed by atoms with Crippen LogP contribution in [0.4, 0.5) is 0 Å². The second kappa shape index (κ2) is 6.20. The smallest absolute Gasteiger partial charge is 0.277 e. The zero-order valence-corrected chi connectivity index (χ0v) is 12.2. The van der Waals surface area contributed by atoms with Crippen molar-refractivity contribution in [3.05, 3.63) is 34.9 Å². The molecule has 3 nitrogen and oxygen atoms in total. The molecule has 0 spiro atoms. The minimum absolute atomic E-state index is 0.0453. The van der Waals surface area contributed by atoms with Crippen molar-refractivity contribution in [3.8, 4) is 0 Å². The largest absolute Gasteiger partial charge is 0.354 e. The number of nitrogens with one attached hydrogen (secondary N) is 1. The van der Waals surface area contributed by atoms with Crippen LogP contribution in [-0.2, 0) is 17.6 Å². The van der Waals surface area contributed by atoms with Gasteiger partial charge in [-0.05, 0) is 56.7 Å². The predicted molar refractivity (Wildman–Crippen MR) is 77.0 cm³/mol. The van der Waals surface area contributed by atoms with Gasteiger partial charge >= 0.3 is 0 Å². The van der Waals surface area contributed by atoms with Crippen LogP contribution in [0.15, 0.2) is 18.2 Å². The number of quaternary nitrogens is 1. The van der Waals surface area contributed by atoms with E-state index in [1.807, 2.05) is 6.92 Å². The summed E-state index contributed by atoms with van der Waals surface area (Å²) in [6.07, 6.45) is 5.06.